The number of methoxy groups -OCH3 is 1. The zero-order valence-electron chi connectivity index (χ0n) is 12.7. The van der Waals surface area contributed by atoms with E-state index in [-0.39, 0.29) is 6.61 Å². The molecule has 21 heavy (non-hydrogen) atoms. The van der Waals surface area contributed by atoms with Crippen molar-refractivity contribution >= 4 is 17.9 Å². The van der Waals surface area contributed by atoms with E-state index in [0.717, 1.165) is 0 Å². The molecule has 1 rings (SSSR count). The lowest BCUT2D eigenvalue weighted by atomic mass is 9.98. The maximum atomic E-state index is 11.3. The number of hydrogen-bond donors (Lipinski definition) is 0. The number of carbonyl (C=O) groups is 3. The molecule has 0 saturated carbocycles. The summed E-state index contributed by atoms with van der Waals surface area (Å²) in [5.41, 5.74) is -1.18. The Labute approximate surface area is 122 Å². The van der Waals surface area contributed by atoms with E-state index in [0.29, 0.717) is 0 Å². The molecule has 0 bridgehead atoms. The first kappa shape index (κ1) is 17.4. The molecule has 0 aliphatic carbocycles. The van der Waals surface area contributed by atoms with Crippen LogP contribution >= 0.6 is 0 Å². The normalized spacial score (nSPS) is 31.6. The molecule has 0 aromatic carbocycles. The minimum atomic E-state index is -1.18. The van der Waals surface area contributed by atoms with E-state index in [9.17, 15) is 14.4 Å². The second kappa shape index (κ2) is 6.86. The number of hydrogen-bond acceptors (Lipinski definition) is 8. The van der Waals surface area contributed by atoms with Gasteiger partial charge in [-0.05, 0) is 6.92 Å². The van der Waals surface area contributed by atoms with Crippen molar-refractivity contribution in [3.63, 3.8) is 0 Å². The van der Waals surface area contributed by atoms with Gasteiger partial charge in [-0.3, -0.25) is 14.4 Å². The summed E-state index contributed by atoms with van der Waals surface area (Å²) in [4.78, 5) is 33.5. The summed E-state index contributed by atoms with van der Waals surface area (Å²) >= 11 is 0. The van der Waals surface area contributed by atoms with E-state index in [4.69, 9.17) is 23.7 Å². The van der Waals surface area contributed by atoms with E-state index in [1.165, 1.54) is 27.9 Å². The first-order valence-electron chi connectivity index (χ1n) is 6.38. The van der Waals surface area contributed by atoms with Gasteiger partial charge in [-0.25, -0.2) is 0 Å². The van der Waals surface area contributed by atoms with Crippen molar-refractivity contribution in [1.29, 1.82) is 0 Å². The molecule has 0 radical (unpaired) electrons. The summed E-state index contributed by atoms with van der Waals surface area (Å²) < 4.78 is 26.0. The van der Waals surface area contributed by atoms with Gasteiger partial charge in [0, 0.05) is 27.9 Å². The Morgan fingerprint density at radius 1 is 1.05 bits per heavy atom. The fraction of sp³-hybridized carbons (Fsp3) is 0.769. The number of rotatable bonds is 5. The summed E-state index contributed by atoms with van der Waals surface area (Å²) in [6.45, 7) is 5.10. The molecule has 0 amide bonds. The highest BCUT2D eigenvalue weighted by atomic mass is 16.7. The standard InChI is InChI=1S/C13H20O8/c1-7(14)18-6-13(4)11(20-9(3)16)10(19-8(2)15)12(17-5)21-13/h10-12H,6H2,1-5H3/t10-,11+,12+,13-/m1/s1. The van der Waals surface area contributed by atoms with E-state index >= 15 is 0 Å². The SMILES string of the molecule is CO[C@H]1O[C@](C)(COC(C)=O)[C@@H](OC(C)=O)[C@H]1OC(C)=O. The highest BCUT2D eigenvalue weighted by Crippen LogP contribution is 2.36. The molecular formula is C13H20O8. The summed E-state index contributed by atoms with van der Waals surface area (Å²) in [5.74, 6) is -1.66. The zero-order valence-corrected chi connectivity index (χ0v) is 12.7. The van der Waals surface area contributed by atoms with Crippen LogP contribution in [-0.2, 0) is 38.1 Å². The quantitative estimate of drug-likeness (QED) is 0.524. The Morgan fingerprint density at radius 3 is 2.05 bits per heavy atom. The predicted octanol–water partition coefficient (Wildman–Crippen LogP) is 0.174. The molecule has 1 aliphatic heterocycles. The average Bonchev–Trinajstić information content (AvgIpc) is 2.61. The summed E-state index contributed by atoms with van der Waals surface area (Å²) in [6.07, 6.45) is -2.83. The topological polar surface area (TPSA) is 97.4 Å². The van der Waals surface area contributed by atoms with Crippen LogP contribution in [0.3, 0.4) is 0 Å². The molecule has 1 fully saturated rings. The molecule has 4 atom stereocenters. The van der Waals surface area contributed by atoms with Crippen molar-refractivity contribution in [2.75, 3.05) is 13.7 Å². The Morgan fingerprint density at radius 2 is 1.62 bits per heavy atom. The molecule has 1 heterocycles. The highest BCUT2D eigenvalue weighted by molar-refractivity contribution is 5.68. The van der Waals surface area contributed by atoms with Gasteiger partial charge in [0.15, 0.2) is 18.5 Å². The third-order valence-corrected chi connectivity index (χ3v) is 2.94. The van der Waals surface area contributed by atoms with Crippen molar-refractivity contribution in [2.45, 2.75) is 51.8 Å². The predicted molar refractivity (Wildman–Crippen MR) is 68.0 cm³/mol. The van der Waals surface area contributed by atoms with E-state index in [1.54, 1.807) is 6.92 Å². The molecule has 1 saturated heterocycles. The molecule has 0 N–H and O–H groups in total. The van der Waals surface area contributed by atoms with Gasteiger partial charge in [-0.2, -0.15) is 0 Å². The molecule has 120 valence electrons. The van der Waals surface area contributed by atoms with Gasteiger partial charge >= 0.3 is 17.9 Å². The van der Waals surface area contributed by atoms with Crippen LogP contribution in [0.15, 0.2) is 0 Å². The van der Waals surface area contributed by atoms with Crippen LogP contribution in [-0.4, -0.2) is 55.7 Å². The van der Waals surface area contributed by atoms with Crippen LogP contribution in [0.25, 0.3) is 0 Å². The molecule has 8 nitrogen and oxygen atoms in total. The van der Waals surface area contributed by atoms with Crippen LogP contribution in [0, 0.1) is 0 Å². The molecule has 0 aromatic rings. The van der Waals surface area contributed by atoms with Gasteiger partial charge in [0.2, 0.25) is 0 Å². The largest absolute Gasteiger partial charge is 0.463 e. The van der Waals surface area contributed by atoms with Crippen LogP contribution in [0.1, 0.15) is 27.7 Å². The minimum absolute atomic E-state index is 0.169. The zero-order chi connectivity index (χ0) is 16.2. The fourth-order valence-corrected chi connectivity index (χ4v) is 2.11. The molecule has 0 spiro atoms. The van der Waals surface area contributed by atoms with Crippen molar-refractivity contribution in [3.05, 3.63) is 0 Å². The Kier molecular flexibility index (Phi) is 5.68. The van der Waals surface area contributed by atoms with Crippen molar-refractivity contribution in [2.24, 2.45) is 0 Å². The Bertz CT molecular complexity index is 420. The van der Waals surface area contributed by atoms with Crippen LogP contribution in [0.2, 0.25) is 0 Å². The summed E-state index contributed by atoms with van der Waals surface area (Å²) in [6, 6.07) is 0. The van der Waals surface area contributed by atoms with Gasteiger partial charge in [0.25, 0.3) is 0 Å². The third-order valence-electron chi connectivity index (χ3n) is 2.94. The molecule has 0 unspecified atom stereocenters. The number of esters is 3. The molecule has 0 aromatic heterocycles. The highest BCUT2D eigenvalue weighted by Gasteiger charge is 2.57. The number of ether oxygens (including phenoxy) is 5. The smallest absolute Gasteiger partial charge is 0.303 e. The van der Waals surface area contributed by atoms with Crippen molar-refractivity contribution < 1.29 is 38.1 Å². The van der Waals surface area contributed by atoms with Gasteiger partial charge in [0.05, 0.1) is 0 Å². The maximum Gasteiger partial charge on any atom is 0.303 e. The maximum absolute atomic E-state index is 11.3. The summed E-state index contributed by atoms with van der Waals surface area (Å²) in [7, 11) is 1.36. The third kappa shape index (κ3) is 4.40. The Balaban J connectivity index is 3.01. The second-order valence-corrected chi connectivity index (χ2v) is 4.92. The fourth-order valence-electron chi connectivity index (χ4n) is 2.11. The lowest BCUT2D eigenvalue weighted by molar-refractivity contribution is -0.196. The van der Waals surface area contributed by atoms with Crippen molar-refractivity contribution in [1.82, 2.24) is 0 Å². The van der Waals surface area contributed by atoms with Crippen LogP contribution in [0.4, 0.5) is 0 Å². The van der Waals surface area contributed by atoms with Gasteiger partial charge in [0.1, 0.15) is 12.2 Å². The van der Waals surface area contributed by atoms with E-state index in [1.807, 2.05) is 0 Å². The lowest BCUT2D eigenvalue weighted by Gasteiger charge is -2.29. The van der Waals surface area contributed by atoms with E-state index in [2.05, 4.69) is 0 Å². The lowest BCUT2D eigenvalue weighted by Crippen LogP contribution is -2.48. The van der Waals surface area contributed by atoms with Crippen LogP contribution < -0.4 is 0 Å². The second-order valence-electron chi connectivity index (χ2n) is 4.92. The minimum Gasteiger partial charge on any atom is -0.463 e. The van der Waals surface area contributed by atoms with Gasteiger partial charge in [-0.1, -0.05) is 0 Å². The summed E-state index contributed by atoms with van der Waals surface area (Å²) in [5, 5.41) is 0. The van der Waals surface area contributed by atoms with Crippen molar-refractivity contribution in [3.8, 4) is 0 Å². The first-order valence-corrected chi connectivity index (χ1v) is 6.38. The molecule has 1 aliphatic rings. The first-order chi connectivity index (χ1) is 9.69. The molecular weight excluding hydrogens is 284 g/mol. The van der Waals surface area contributed by atoms with Gasteiger partial charge < -0.3 is 23.7 Å². The average molecular weight is 304 g/mol. The van der Waals surface area contributed by atoms with E-state index < -0.39 is 42.0 Å². The van der Waals surface area contributed by atoms with Crippen LogP contribution in [0.5, 0.6) is 0 Å². The number of carbonyl (C=O) groups excluding carboxylic acids is 3. The molecule has 8 heteroatoms. The monoisotopic (exact) mass is 304 g/mol. The van der Waals surface area contributed by atoms with Gasteiger partial charge in [-0.15, -0.1) is 0 Å². The Hall–Kier alpha value is -1.67.